The Labute approximate surface area is 189 Å². The average Bonchev–Trinajstić information content (AvgIpc) is 2.74. The van der Waals surface area contributed by atoms with Gasteiger partial charge in [-0.2, -0.15) is 0 Å². The van der Waals surface area contributed by atoms with Crippen LogP contribution in [0.2, 0.25) is 10.0 Å². The number of halogens is 2. The van der Waals surface area contributed by atoms with Gasteiger partial charge in [0.1, 0.15) is 23.1 Å². The first kappa shape index (κ1) is 24.3. The summed E-state index contributed by atoms with van der Waals surface area (Å²) >= 11 is 12.0. The van der Waals surface area contributed by atoms with Gasteiger partial charge in [-0.3, -0.25) is 9.59 Å². The third kappa shape index (κ3) is 6.26. The van der Waals surface area contributed by atoms with Gasteiger partial charge in [-0.05, 0) is 37.1 Å². The van der Waals surface area contributed by atoms with Crippen LogP contribution in [0.25, 0.3) is 0 Å². The molecule has 31 heavy (non-hydrogen) atoms. The molecule has 0 bridgehead atoms. The number of hydrogen-bond donors (Lipinski definition) is 3. The summed E-state index contributed by atoms with van der Waals surface area (Å²) in [4.78, 5) is 36.5. The minimum atomic E-state index is -1.21. The summed E-state index contributed by atoms with van der Waals surface area (Å²) < 4.78 is 10.4. The SMILES string of the molecule is COc1cccc(OC)c1C(=O)NCCCC(NC(=O)c1c(Cl)cccc1Cl)C(=O)O. The monoisotopic (exact) mass is 468 g/mol. The number of ether oxygens (including phenoxy) is 2. The van der Waals surface area contributed by atoms with Gasteiger partial charge in [-0.1, -0.05) is 35.3 Å². The first-order chi connectivity index (χ1) is 14.8. The van der Waals surface area contributed by atoms with Crippen molar-refractivity contribution in [2.75, 3.05) is 20.8 Å². The van der Waals surface area contributed by atoms with Crippen molar-refractivity contribution in [3.63, 3.8) is 0 Å². The van der Waals surface area contributed by atoms with Crippen LogP contribution >= 0.6 is 23.2 Å². The molecule has 8 nitrogen and oxygen atoms in total. The number of carboxylic acid groups (broad SMARTS) is 1. The third-order valence-corrected chi connectivity index (χ3v) is 5.03. The second-order valence-electron chi connectivity index (χ2n) is 6.40. The number of benzene rings is 2. The van der Waals surface area contributed by atoms with E-state index in [4.69, 9.17) is 32.7 Å². The molecular formula is C21H22Cl2N2O6. The van der Waals surface area contributed by atoms with Crippen molar-refractivity contribution in [3.05, 3.63) is 57.6 Å². The van der Waals surface area contributed by atoms with Gasteiger partial charge < -0.3 is 25.2 Å². The minimum Gasteiger partial charge on any atom is -0.496 e. The van der Waals surface area contributed by atoms with Crippen LogP contribution in [0.15, 0.2) is 36.4 Å². The molecule has 0 saturated carbocycles. The summed E-state index contributed by atoms with van der Waals surface area (Å²) in [6, 6.07) is 8.33. The number of carboxylic acids is 1. The molecule has 2 rings (SSSR count). The highest BCUT2D eigenvalue weighted by atomic mass is 35.5. The van der Waals surface area contributed by atoms with E-state index in [1.165, 1.54) is 26.4 Å². The number of carbonyl (C=O) groups excluding carboxylic acids is 2. The van der Waals surface area contributed by atoms with E-state index >= 15 is 0 Å². The molecule has 0 aliphatic carbocycles. The van der Waals surface area contributed by atoms with Crippen LogP contribution < -0.4 is 20.1 Å². The Balaban J connectivity index is 1.96. The summed E-state index contributed by atoms with van der Waals surface area (Å²) in [7, 11) is 2.88. The van der Waals surface area contributed by atoms with Crippen LogP contribution in [0, 0.1) is 0 Å². The summed E-state index contributed by atoms with van der Waals surface area (Å²) in [5, 5.41) is 14.8. The zero-order valence-electron chi connectivity index (χ0n) is 16.9. The highest BCUT2D eigenvalue weighted by Gasteiger charge is 2.23. The third-order valence-electron chi connectivity index (χ3n) is 4.40. The highest BCUT2D eigenvalue weighted by molar-refractivity contribution is 6.39. The van der Waals surface area contributed by atoms with E-state index in [0.717, 1.165) is 0 Å². The number of rotatable bonds is 10. The Bertz CT molecular complexity index is 924. The molecule has 0 fully saturated rings. The lowest BCUT2D eigenvalue weighted by atomic mass is 10.1. The highest BCUT2D eigenvalue weighted by Crippen LogP contribution is 2.28. The van der Waals surface area contributed by atoms with E-state index in [0.29, 0.717) is 11.5 Å². The number of nitrogens with one attached hydrogen (secondary N) is 2. The zero-order valence-corrected chi connectivity index (χ0v) is 18.4. The maximum atomic E-state index is 12.5. The first-order valence-electron chi connectivity index (χ1n) is 9.27. The van der Waals surface area contributed by atoms with Gasteiger partial charge in [0.2, 0.25) is 0 Å². The molecule has 3 N–H and O–H groups in total. The summed E-state index contributed by atoms with van der Waals surface area (Å²) in [6.45, 7) is 0.173. The van der Waals surface area contributed by atoms with E-state index < -0.39 is 23.8 Å². The van der Waals surface area contributed by atoms with E-state index in [1.54, 1.807) is 24.3 Å². The van der Waals surface area contributed by atoms with Crippen molar-refractivity contribution in [1.82, 2.24) is 10.6 Å². The second kappa shape index (κ2) is 11.4. The van der Waals surface area contributed by atoms with Crippen LogP contribution in [0.1, 0.15) is 33.6 Å². The Morgan fingerprint density at radius 1 is 0.935 bits per heavy atom. The number of hydrogen-bond acceptors (Lipinski definition) is 5. The smallest absolute Gasteiger partial charge is 0.326 e. The van der Waals surface area contributed by atoms with E-state index in [-0.39, 0.29) is 40.6 Å². The van der Waals surface area contributed by atoms with Crippen LogP contribution in [0.4, 0.5) is 0 Å². The Hall–Kier alpha value is -2.97. The molecule has 0 saturated heterocycles. The fraction of sp³-hybridized carbons (Fsp3) is 0.286. The quantitative estimate of drug-likeness (QED) is 0.460. The van der Waals surface area contributed by atoms with Gasteiger partial charge in [-0.25, -0.2) is 4.79 Å². The number of amides is 2. The molecule has 0 aliphatic heterocycles. The van der Waals surface area contributed by atoms with Crippen LogP contribution in [0.3, 0.4) is 0 Å². The molecule has 1 unspecified atom stereocenters. The predicted octanol–water partition coefficient (Wildman–Crippen LogP) is 3.40. The maximum Gasteiger partial charge on any atom is 0.326 e. The molecule has 166 valence electrons. The van der Waals surface area contributed by atoms with Gasteiger partial charge in [0, 0.05) is 6.54 Å². The fourth-order valence-electron chi connectivity index (χ4n) is 2.87. The molecule has 0 radical (unpaired) electrons. The normalized spacial score (nSPS) is 11.4. The first-order valence-corrected chi connectivity index (χ1v) is 10.0. The number of aliphatic carboxylic acids is 1. The van der Waals surface area contributed by atoms with Gasteiger partial charge >= 0.3 is 5.97 Å². The summed E-state index contributed by atoms with van der Waals surface area (Å²) in [5.41, 5.74) is 0.248. The Morgan fingerprint density at radius 2 is 1.48 bits per heavy atom. The molecule has 10 heteroatoms. The number of methoxy groups -OCH3 is 2. The van der Waals surface area contributed by atoms with Gasteiger partial charge in [0.15, 0.2) is 0 Å². The van der Waals surface area contributed by atoms with Crippen molar-refractivity contribution in [2.24, 2.45) is 0 Å². The molecule has 0 heterocycles. The lowest BCUT2D eigenvalue weighted by Gasteiger charge is -2.16. The van der Waals surface area contributed by atoms with Crippen molar-refractivity contribution in [3.8, 4) is 11.5 Å². The number of carbonyl (C=O) groups is 3. The van der Waals surface area contributed by atoms with Crippen molar-refractivity contribution < 1.29 is 29.0 Å². The van der Waals surface area contributed by atoms with Gasteiger partial charge in [0.25, 0.3) is 11.8 Å². The lowest BCUT2D eigenvalue weighted by molar-refractivity contribution is -0.139. The minimum absolute atomic E-state index is 0.00801. The molecule has 0 aliphatic rings. The molecule has 1 atom stereocenters. The summed E-state index contributed by atoms with van der Waals surface area (Å²) in [5.74, 6) is -1.62. The van der Waals surface area contributed by atoms with Crippen LogP contribution in [0.5, 0.6) is 11.5 Å². The van der Waals surface area contributed by atoms with E-state index in [2.05, 4.69) is 10.6 Å². The van der Waals surface area contributed by atoms with E-state index in [9.17, 15) is 19.5 Å². The molecule has 2 aromatic carbocycles. The molecular weight excluding hydrogens is 447 g/mol. The molecule has 0 aromatic heterocycles. The van der Waals surface area contributed by atoms with Crippen LogP contribution in [-0.4, -0.2) is 49.7 Å². The van der Waals surface area contributed by atoms with Gasteiger partial charge in [0.05, 0.1) is 29.8 Å². The Morgan fingerprint density at radius 3 is 2.00 bits per heavy atom. The average molecular weight is 469 g/mol. The maximum absolute atomic E-state index is 12.5. The lowest BCUT2D eigenvalue weighted by Crippen LogP contribution is -2.41. The fourth-order valence-corrected chi connectivity index (χ4v) is 3.44. The summed E-state index contributed by atoms with van der Waals surface area (Å²) in [6.07, 6.45) is 0.364. The molecule has 0 spiro atoms. The molecule has 2 amide bonds. The van der Waals surface area contributed by atoms with E-state index in [1.807, 2.05) is 0 Å². The van der Waals surface area contributed by atoms with Crippen molar-refractivity contribution in [2.45, 2.75) is 18.9 Å². The molecule has 2 aromatic rings. The predicted molar refractivity (Wildman–Crippen MR) is 116 cm³/mol. The standard InChI is InChI=1S/C21H22Cl2N2O6/c1-30-15-9-4-10-16(31-2)18(15)19(26)24-11-5-8-14(21(28)29)25-20(27)17-12(22)6-3-7-13(17)23/h3-4,6-7,9-10,14H,5,8,11H2,1-2H3,(H,24,26)(H,25,27)(H,28,29). The van der Waals surface area contributed by atoms with Crippen LogP contribution in [-0.2, 0) is 4.79 Å². The van der Waals surface area contributed by atoms with Crippen molar-refractivity contribution >= 4 is 41.0 Å². The largest absolute Gasteiger partial charge is 0.496 e. The topological polar surface area (TPSA) is 114 Å². The Kier molecular flexibility index (Phi) is 8.96. The van der Waals surface area contributed by atoms with Crippen molar-refractivity contribution in [1.29, 1.82) is 0 Å². The zero-order chi connectivity index (χ0) is 23.0. The van der Waals surface area contributed by atoms with Gasteiger partial charge in [-0.15, -0.1) is 0 Å². The second-order valence-corrected chi connectivity index (χ2v) is 7.21.